The van der Waals surface area contributed by atoms with Crippen molar-refractivity contribution in [2.24, 2.45) is 0 Å². The van der Waals surface area contributed by atoms with Crippen LogP contribution in [0.1, 0.15) is 5.56 Å². The number of halogens is 3. The fourth-order valence-corrected chi connectivity index (χ4v) is 1.89. The van der Waals surface area contributed by atoms with E-state index in [-0.39, 0.29) is 17.2 Å². The third-order valence-corrected chi connectivity index (χ3v) is 2.96. The van der Waals surface area contributed by atoms with Crippen molar-refractivity contribution in [3.8, 4) is 11.5 Å². The molecule has 0 aliphatic carbocycles. The van der Waals surface area contributed by atoms with E-state index in [9.17, 15) is 18.0 Å². The van der Waals surface area contributed by atoms with Crippen LogP contribution in [0.15, 0.2) is 48.5 Å². The number of carbonyl (C=O) groups is 1. The number of alkyl halides is 2. The number of hydrogen-bond acceptors (Lipinski definition) is 3. The number of carbonyl (C=O) groups excluding carboxylic acids is 1. The predicted octanol–water partition coefficient (Wildman–Crippen LogP) is 4.09. The number of benzene rings is 2. The van der Waals surface area contributed by atoms with Crippen molar-refractivity contribution in [2.45, 2.75) is 6.61 Å². The zero-order valence-electron chi connectivity index (χ0n) is 12.6. The lowest BCUT2D eigenvalue weighted by Gasteiger charge is -2.10. The van der Waals surface area contributed by atoms with E-state index in [2.05, 4.69) is 10.1 Å². The second-order valence-corrected chi connectivity index (χ2v) is 4.59. The molecule has 2 rings (SSSR count). The standard InChI is InChI=1S/C17H14F3NO3/c1-23-15-10-11(6-8-14(15)24-17(19)20)7-9-16(22)21-13-5-3-2-4-12(13)18/h2-10,17H,1H3,(H,21,22)/b9-7+. The third kappa shape index (κ3) is 4.77. The van der Waals surface area contributed by atoms with Crippen molar-refractivity contribution in [3.63, 3.8) is 0 Å². The smallest absolute Gasteiger partial charge is 0.387 e. The molecule has 0 radical (unpaired) electrons. The van der Waals surface area contributed by atoms with Crippen LogP contribution in [-0.4, -0.2) is 19.6 Å². The molecule has 24 heavy (non-hydrogen) atoms. The van der Waals surface area contributed by atoms with Crippen molar-refractivity contribution in [1.82, 2.24) is 0 Å². The van der Waals surface area contributed by atoms with Crippen molar-refractivity contribution in [3.05, 3.63) is 59.9 Å². The van der Waals surface area contributed by atoms with Gasteiger partial charge in [0.25, 0.3) is 0 Å². The van der Waals surface area contributed by atoms with Crippen LogP contribution >= 0.6 is 0 Å². The van der Waals surface area contributed by atoms with E-state index in [0.717, 1.165) is 0 Å². The Hall–Kier alpha value is -2.96. The summed E-state index contributed by atoms with van der Waals surface area (Å²) in [5.41, 5.74) is 0.586. The minimum Gasteiger partial charge on any atom is -0.493 e. The van der Waals surface area contributed by atoms with Gasteiger partial charge in [-0.05, 0) is 35.9 Å². The SMILES string of the molecule is COc1cc(/C=C/C(=O)Nc2ccccc2F)ccc1OC(F)F. The molecule has 0 fully saturated rings. The Morgan fingerprint density at radius 1 is 1.17 bits per heavy atom. The molecule has 7 heteroatoms. The van der Waals surface area contributed by atoms with Gasteiger partial charge in [0, 0.05) is 6.08 Å². The molecule has 0 heterocycles. The first-order valence-corrected chi connectivity index (χ1v) is 6.86. The van der Waals surface area contributed by atoms with Gasteiger partial charge in [0.1, 0.15) is 5.82 Å². The van der Waals surface area contributed by atoms with Crippen LogP contribution in [0.25, 0.3) is 6.08 Å². The minimum absolute atomic E-state index is 0.0606. The van der Waals surface area contributed by atoms with E-state index in [4.69, 9.17) is 4.74 Å². The molecule has 2 aromatic rings. The van der Waals surface area contributed by atoms with Crippen LogP contribution in [0, 0.1) is 5.82 Å². The van der Waals surface area contributed by atoms with Gasteiger partial charge in [-0.2, -0.15) is 8.78 Å². The lowest BCUT2D eigenvalue weighted by atomic mass is 10.2. The maximum atomic E-state index is 13.4. The Labute approximate surface area is 136 Å². The highest BCUT2D eigenvalue weighted by Gasteiger charge is 2.10. The molecule has 1 N–H and O–H groups in total. The molecule has 126 valence electrons. The molecular weight excluding hydrogens is 323 g/mol. The Morgan fingerprint density at radius 3 is 2.58 bits per heavy atom. The molecule has 0 aliphatic rings. The molecule has 0 bridgehead atoms. The number of anilines is 1. The second kappa shape index (κ2) is 8.05. The molecule has 0 atom stereocenters. The number of methoxy groups -OCH3 is 1. The summed E-state index contributed by atoms with van der Waals surface area (Å²) in [5, 5.41) is 2.39. The Balaban J connectivity index is 2.08. The fraction of sp³-hybridized carbons (Fsp3) is 0.118. The van der Waals surface area contributed by atoms with Crippen LogP contribution in [0.5, 0.6) is 11.5 Å². The highest BCUT2D eigenvalue weighted by molar-refractivity contribution is 6.02. The Bertz CT molecular complexity index is 748. The molecule has 2 aromatic carbocycles. The van der Waals surface area contributed by atoms with Crippen molar-refractivity contribution < 1.29 is 27.4 Å². The summed E-state index contributed by atoms with van der Waals surface area (Å²) in [6.07, 6.45) is 2.62. The largest absolute Gasteiger partial charge is 0.493 e. The fourth-order valence-electron chi connectivity index (χ4n) is 1.89. The zero-order chi connectivity index (χ0) is 17.5. The minimum atomic E-state index is -2.97. The molecule has 0 spiro atoms. The normalized spacial score (nSPS) is 10.9. The van der Waals surface area contributed by atoms with Gasteiger partial charge in [-0.3, -0.25) is 4.79 Å². The van der Waals surface area contributed by atoms with Crippen LogP contribution in [0.4, 0.5) is 18.9 Å². The summed E-state index contributed by atoms with van der Waals surface area (Å²) >= 11 is 0. The third-order valence-electron chi connectivity index (χ3n) is 2.96. The molecule has 4 nitrogen and oxygen atoms in total. The first-order valence-electron chi connectivity index (χ1n) is 6.86. The predicted molar refractivity (Wildman–Crippen MR) is 83.7 cm³/mol. The van der Waals surface area contributed by atoms with Crippen molar-refractivity contribution in [2.75, 3.05) is 12.4 Å². The van der Waals surface area contributed by atoms with Crippen LogP contribution in [0.3, 0.4) is 0 Å². The Kier molecular flexibility index (Phi) is 5.83. The average molecular weight is 337 g/mol. The zero-order valence-corrected chi connectivity index (χ0v) is 12.6. The van der Waals surface area contributed by atoms with Crippen molar-refractivity contribution in [1.29, 1.82) is 0 Å². The van der Waals surface area contributed by atoms with Gasteiger partial charge in [-0.15, -0.1) is 0 Å². The number of hydrogen-bond donors (Lipinski definition) is 1. The maximum absolute atomic E-state index is 13.4. The monoisotopic (exact) mass is 337 g/mol. The molecular formula is C17H14F3NO3. The number of para-hydroxylation sites is 1. The molecule has 0 saturated heterocycles. The topological polar surface area (TPSA) is 47.6 Å². The summed E-state index contributed by atoms with van der Waals surface area (Å²) in [6, 6.07) is 9.98. The van der Waals surface area contributed by atoms with E-state index in [0.29, 0.717) is 5.56 Å². The lowest BCUT2D eigenvalue weighted by molar-refractivity contribution is -0.111. The summed E-state index contributed by atoms with van der Waals surface area (Å²) in [6.45, 7) is -2.97. The van der Waals surface area contributed by atoms with Gasteiger partial charge in [-0.1, -0.05) is 18.2 Å². The Morgan fingerprint density at radius 2 is 1.92 bits per heavy atom. The van der Waals surface area contributed by atoms with Gasteiger partial charge in [0.15, 0.2) is 11.5 Å². The quantitative estimate of drug-likeness (QED) is 0.808. The molecule has 0 saturated carbocycles. The van der Waals surface area contributed by atoms with E-state index < -0.39 is 18.3 Å². The first kappa shape index (κ1) is 17.4. The summed E-state index contributed by atoms with van der Waals surface area (Å²) in [7, 11) is 1.31. The number of ether oxygens (including phenoxy) is 2. The van der Waals surface area contributed by atoms with Crippen LogP contribution in [-0.2, 0) is 4.79 Å². The lowest BCUT2D eigenvalue weighted by Crippen LogP contribution is -2.09. The van der Waals surface area contributed by atoms with E-state index >= 15 is 0 Å². The highest BCUT2D eigenvalue weighted by atomic mass is 19.3. The second-order valence-electron chi connectivity index (χ2n) is 4.59. The molecule has 0 aromatic heterocycles. The molecule has 0 unspecified atom stereocenters. The molecule has 1 amide bonds. The number of nitrogens with one attached hydrogen (secondary N) is 1. The first-order chi connectivity index (χ1) is 11.5. The summed E-state index contributed by atoms with van der Waals surface area (Å²) < 4.78 is 47.2. The van der Waals surface area contributed by atoms with E-state index in [1.807, 2.05) is 0 Å². The van der Waals surface area contributed by atoms with Crippen molar-refractivity contribution >= 4 is 17.7 Å². The van der Waals surface area contributed by atoms with Crippen LogP contribution < -0.4 is 14.8 Å². The maximum Gasteiger partial charge on any atom is 0.387 e. The van der Waals surface area contributed by atoms with Gasteiger partial charge >= 0.3 is 6.61 Å². The van der Waals surface area contributed by atoms with Crippen LogP contribution in [0.2, 0.25) is 0 Å². The van der Waals surface area contributed by atoms with Gasteiger partial charge in [-0.25, -0.2) is 4.39 Å². The highest BCUT2D eigenvalue weighted by Crippen LogP contribution is 2.29. The summed E-state index contributed by atoms with van der Waals surface area (Å²) in [4.78, 5) is 11.8. The number of amides is 1. The van der Waals surface area contributed by atoms with Gasteiger partial charge < -0.3 is 14.8 Å². The number of rotatable bonds is 6. The van der Waals surface area contributed by atoms with E-state index in [1.165, 1.54) is 55.7 Å². The summed E-state index contributed by atoms with van der Waals surface area (Å²) in [5.74, 6) is -1.09. The molecule has 0 aliphatic heterocycles. The van der Waals surface area contributed by atoms with Gasteiger partial charge in [0.05, 0.1) is 12.8 Å². The van der Waals surface area contributed by atoms with E-state index in [1.54, 1.807) is 6.07 Å². The van der Waals surface area contributed by atoms with Gasteiger partial charge in [0.2, 0.25) is 5.91 Å². The average Bonchev–Trinajstić information content (AvgIpc) is 2.55.